The number of hydrogen-bond acceptors (Lipinski definition) is 0. The number of halogens is 2. The summed E-state index contributed by atoms with van der Waals surface area (Å²) < 4.78 is 10.2. The maximum absolute atomic E-state index is 5.50. The minimum atomic E-state index is -4.45. The molecule has 2 aliphatic rings. The van der Waals surface area contributed by atoms with Crippen LogP contribution in [0.3, 0.4) is 0 Å². The molecule has 0 amide bonds. The third-order valence-corrected chi connectivity index (χ3v) is 25.1. The van der Waals surface area contributed by atoms with Crippen LogP contribution in [0.2, 0.25) is 0 Å². The topological polar surface area (TPSA) is 0 Å². The molecule has 4 aromatic rings. The summed E-state index contributed by atoms with van der Waals surface area (Å²) in [7, 11) is 0. The molecule has 0 spiro atoms. The molecular formula is C31H28Cl2Zr. The number of hydrogen-bond donors (Lipinski definition) is 0. The zero-order valence-corrected chi connectivity index (χ0v) is 23.0. The van der Waals surface area contributed by atoms with E-state index in [-0.39, 0.29) is 28.4 Å². The van der Waals surface area contributed by atoms with Crippen LogP contribution in [0.1, 0.15) is 21.2 Å². The molecule has 0 heterocycles. The van der Waals surface area contributed by atoms with Gasteiger partial charge in [0, 0.05) is 0 Å². The van der Waals surface area contributed by atoms with E-state index in [9.17, 15) is 0 Å². The van der Waals surface area contributed by atoms with Crippen LogP contribution in [0, 0.1) is 0 Å². The van der Waals surface area contributed by atoms with Crippen LogP contribution in [0.25, 0.3) is 11.1 Å². The van der Waals surface area contributed by atoms with Gasteiger partial charge in [-0.3, -0.25) is 0 Å². The average molecular weight is 563 g/mol. The Hall–Kier alpha value is -2.31. The first-order chi connectivity index (χ1) is 15.7. The van der Waals surface area contributed by atoms with Crippen molar-refractivity contribution in [1.29, 1.82) is 0 Å². The first-order valence-corrected chi connectivity index (χ1v) is 18.3. The van der Waals surface area contributed by atoms with Gasteiger partial charge in [0.2, 0.25) is 0 Å². The van der Waals surface area contributed by atoms with E-state index in [1.54, 1.807) is 3.28 Å². The molecule has 0 fully saturated rings. The van der Waals surface area contributed by atoms with E-state index in [4.69, 9.17) is 4.21 Å². The molecule has 3 heteroatoms. The van der Waals surface area contributed by atoms with E-state index in [2.05, 4.69) is 127 Å². The number of fused-ring (bicyclic) bond motifs is 3. The molecule has 34 heavy (non-hydrogen) atoms. The van der Waals surface area contributed by atoms with Crippen LogP contribution in [-0.2, 0) is 18.3 Å². The van der Waals surface area contributed by atoms with Crippen molar-refractivity contribution in [1.82, 2.24) is 0 Å². The average Bonchev–Trinajstić information content (AvgIpc) is 3.53. The van der Waals surface area contributed by atoms with Crippen LogP contribution in [0.15, 0.2) is 131 Å². The Morgan fingerprint density at radius 3 is 1.47 bits per heavy atom. The number of allylic oxidation sites excluding steroid dienone is 4. The molecule has 0 bridgehead atoms. The summed E-state index contributed by atoms with van der Waals surface area (Å²) in [6, 6.07) is 40.5. The van der Waals surface area contributed by atoms with Crippen LogP contribution < -0.4 is 6.54 Å². The summed E-state index contributed by atoms with van der Waals surface area (Å²) in [6.07, 6.45) is 7.93. The van der Waals surface area contributed by atoms with Crippen LogP contribution in [0.4, 0.5) is 0 Å². The molecule has 0 atom stereocenters. The zero-order valence-electron chi connectivity index (χ0n) is 18.9. The van der Waals surface area contributed by atoms with Crippen molar-refractivity contribution in [3.8, 4) is 11.1 Å². The fraction of sp³-hybridized carbons (Fsp3) is 0.0645. The van der Waals surface area contributed by atoms with Gasteiger partial charge in [0.05, 0.1) is 0 Å². The summed E-state index contributed by atoms with van der Waals surface area (Å²) >= 11 is -4.45. The van der Waals surface area contributed by atoms with Crippen molar-refractivity contribution in [3.63, 3.8) is 0 Å². The second-order valence-electron chi connectivity index (χ2n) is 9.21. The van der Waals surface area contributed by atoms with Gasteiger partial charge in [-0.1, -0.05) is 0 Å². The van der Waals surface area contributed by atoms with Gasteiger partial charge in [0.15, 0.2) is 0 Å². The Balaban J connectivity index is 0.00000137. The van der Waals surface area contributed by atoms with E-state index >= 15 is 0 Å². The summed E-state index contributed by atoms with van der Waals surface area (Å²) in [5.41, 5.74) is 5.62. The van der Waals surface area contributed by atoms with E-state index in [1.165, 1.54) is 28.8 Å². The van der Waals surface area contributed by atoms with Gasteiger partial charge in [0.25, 0.3) is 0 Å². The summed E-state index contributed by atoms with van der Waals surface area (Å²) in [6.45, 7) is 0. The van der Waals surface area contributed by atoms with E-state index in [0.717, 1.165) is 6.42 Å². The predicted molar refractivity (Wildman–Crippen MR) is 149 cm³/mol. The van der Waals surface area contributed by atoms with Gasteiger partial charge < -0.3 is 0 Å². The minimum absolute atomic E-state index is 0. The number of benzene rings is 4. The van der Waals surface area contributed by atoms with Crippen LogP contribution in [-0.4, -0.2) is 4.21 Å². The van der Waals surface area contributed by atoms with Crippen LogP contribution >= 0.6 is 24.8 Å². The Kier molecular flexibility index (Phi) is 6.85. The van der Waals surface area contributed by atoms with Crippen molar-refractivity contribution in [3.05, 3.63) is 142 Å². The molecule has 4 aromatic carbocycles. The van der Waals surface area contributed by atoms with E-state index in [0.29, 0.717) is 0 Å². The molecule has 0 nitrogen and oxygen atoms in total. The molecule has 0 aliphatic heterocycles. The second kappa shape index (κ2) is 9.39. The summed E-state index contributed by atoms with van der Waals surface area (Å²) in [5, 5.41) is 0. The Labute approximate surface area is 215 Å². The molecule has 2 aliphatic carbocycles. The van der Waals surface area contributed by atoms with Crippen LogP contribution in [0.5, 0.6) is 0 Å². The first kappa shape index (κ1) is 24.8. The molecule has 6 rings (SSSR count). The summed E-state index contributed by atoms with van der Waals surface area (Å²) in [5.74, 6) is 0. The molecule has 0 saturated carbocycles. The standard InChI is InChI=1S/C13H9.2C6H5.C5H5.CH2.2ClH.Zr/c1-3-7-12-10(5-1)9-11-6-2-4-8-13(11)12;2*1-2-4-6-5-3-1;1-2-4-5-3-1;;;;/h1-9H;2*1-5H;1-3H,4H2;1H2;2*1H;. The fourth-order valence-corrected chi connectivity index (χ4v) is 23.5. The molecule has 0 aromatic heterocycles. The van der Waals surface area contributed by atoms with Gasteiger partial charge in [-0.25, -0.2) is 0 Å². The zero-order chi connectivity index (χ0) is 21.6. The van der Waals surface area contributed by atoms with Gasteiger partial charge >= 0.3 is 192 Å². The normalized spacial score (nSPS) is 14.4. The van der Waals surface area contributed by atoms with Crippen molar-refractivity contribution >= 4 is 35.6 Å². The van der Waals surface area contributed by atoms with Gasteiger partial charge in [-0.2, -0.15) is 0 Å². The predicted octanol–water partition coefficient (Wildman–Crippen LogP) is 7.22. The van der Waals surface area contributed by atoms with Crippen molar-refractivity contribution in [2.45, 2.75) is 10.0 Å². The van der Waals surface area contributed by atoms with Gasteiger partial charge in [-0.15, -0.1) is 24.8 Å². The monoisotopic (exact) mass is 560 g/mol. The molecule has 0 radical (unpaired) electrons. The molecular weight excluding hydrogens is 534 g/mol. The number of rotatable bonds is 4. The van der Waals surface area contributed by atoms with Crippen molar-refractivity contribution in [2.75, 3.05) is 0 Å². The van der Waals surface area contributed by atoms with Crippen molar-refractivity contribution < 1.29 is 18.3 Å². The fourth-order valence-electron chi connectivity index (χ4n) is 6.41. The molecule has 170 valence electrons. The molecule has 0 saturated heterocycles. The van der Waals surface area contributed by atoms with Crippen molar-refractivity contribution in [2.24, 2.45) is 0 Å². The first-order valence-electron chi connectivity index (χ1n) is 11.4. The maximum atomic E-state index is 5.50. The third kappa shape index (κ3) is 3.25. The van der Waals surface area contributed by atoms with E-state index in [1.807, 2.05) is 0 Å². The molecule has 0 unspecified atom stereocenters. The van der Waals surface area contributed by atoms with E-state index < -0.39 is 18.3 Å². The quantitative estimate of drug-likeness (QED) is 0.247. The van der Waals surface area contributed by atoms with Gasteiger partial charge in [-0.05, 0) is 0 Å². The SMILES string of the molecule is Cl.Cl.[CH2]=[Zr]([C]1=CC=CC1)([c]1ccccc1)([c]1ccccc1)[CH]1c2ccccc2-c2ccccc21. The molecule has 0 N–H and O–H groups in total. The Morgan fingerprint density at radius 2 is 1.03 bits per heavy atom. The Morgan fingerprint density at radius 1 is 0.588 bits per heavy atom. The summed E-state index contributed by atoms with van der Waals surface area (Å²) in [4.78, 5) is 0. The second-order valence-corrected chi connectivity index (χ2v) is 22.6. The third-order valence-electron chi connectivity index (χ3n) is 7.84. The Bertz CT molecular complexity index is 1360. The van der Waals surface area contributed by atoms with Gasteiger partial charge in [0.1, 0.15) is 0 Å².